The lowest BCUT2D eigenvalue weighted by Crippen LogP contribution is -2.33. The van der Waals surface area contributed by atoms with Crippen LogP contribution in [0.15, 0.2) is 67.0 Å². The predicted molar refractivity (Wildman–Crippen MR) is 102 cm³/mol. The first-order chi connectivity index (χ1) is 12.8. The van der Waals surface area contributed by atoms with E-state index in [4.69, 9.17) is 0 Å². The summed E-state index contributed by atoms with van der Waals surface area (Å²) >= 11 is 0. The molecule has 1 aliphatic heterocycles. The molecule has 134 valence electrons. The first-order valence-electron chi connectivity index (χ1n) is 9.32. The number of piperidine rings is 1. The molecule has 0 saturated carbocycles. The molecular formula is C22H24FN3. The SMILES string of the molecule is Fc1ccccc1-n1cc(CN2CCC(Cc3ccccc3)CC2)cn1. The van der Waals surface area contributed by atoms with Crippen LogP contribution in [0.2, 0.25) is 0 Å². The fourth-order valence-corrected chi connectivity index (χ4v) is 3.77. The molecule has 0 amide bonds. The molecule has 1 fully saturated rings. The van der Waals surface area contributed by atoms with E-state index in [1.54, 1.807) is 16.8 Å². The van der Waals surface area contributed by atoms with Crippen LogP contribution in [0.25, 0.3) is 5.69 Å². The number of rotatable bonds is 5. The van der Waals surface area contributed by atoms with Gasteiger partial charge in [0.2, 0.25) is 0 Å². The minimum atomic E-state index is -0.246. The molecule has 0 atom stereocenters. The summed E-state index contributed by atoms with van der Waals surface area (Å²) in [7, 11) is 0. The predicted octanol–water partition coefficient (Wildman–Crippen LogP) is 4.47. The van der Waals surface area contributed by atoms with Crippen LogP contribution in [0.1, 0.15) is 24.0 Å². The van der Waals surface area contributed by atoms with Crippen molar-refractivity contribution >= 4 is 0 Å². The minimum absolute atomic E-state index is 0.246. The average molecular weight is 349 g/mol. The molecule has 0 bridgehead atoms. The molecular weight excluding hydrogens is 325 g/mol. The van der Waals surface area contributed by atoms with E-state index in [1.807, 2.05) is 18.5 Å². The Bertz CT molecular complexity index is 835. The Balaban J connectivity index is 1.32. The molecule has 2 aromatic carbocycles. The molecule has 26 heavy (non-hydrogen) atoms. The van der Waals surface area contributed by atoms with E-state index in [0.29, 0.717) is 5.69 Å². The summed E-state index contributed by atoms with van der Waals surface area (Å²) in [6.45, 7) is 3.11. The number of hydrogen-bond acceptors (Lipinski definition) is 2. The summed E-state index contributed by atoms with van der Waals surface area (Å²) in [5.74, 6) is 0.527. The summed E-state index contributed by atoms with van der Waals surface area (Å²) in [5.41, 5.74) is 3.08. The lowest BCUT2D eigenvalue weighted by atomic mass is 9.90. The van der Waals surface area contributed by atoms with Gasteiger partial charge in [-0.25, -0.2) is 9.07 Å². The van der Waals surface area contributed by atoms with Crippen LogP contribution in [0.3, 0.4) is 0 Å². The highest BCUT2D eigenvalue weighted by Gasteiger charge is 2.20. The lowest BCUT2D eigenvalue weighted by molar-refractivity contribution is 0.177. The Hall–Kier alpha value is -2.46. The molecule has 1 aliphatic rings. The molecule has 2 heterocycles. The number of para-hydroxylation sites is 1. The minimum Gasteiger partial charge on any atom is -0.299 e. The third kappa shape index (κ3) is 4.02. The molecule has 0 radical (unpaired) electrons. The Morgan fingerprint density at radius 2 is 1.65 bits per heavy atom. The third-order valence-electron chi connectivity index (χ3n) is 5.22. The summed E-state index contributed by atoms with van der Waals surface area (Å²) in [6, 6.07) is 17.5. The van der Waals surface area contributed by atoms with Crippen molar-refractivity contribution in [3.63, 3.8) is 0 Å². The van der Waals surface area contributed by atoms with Gasteiger partial charge in [0.25, 0.3) is 0 Å². The molecule has 4 rings (SSSR count). The van der Waals surface area contributed by atoms with Crippen molar-refractivity contribution in [2.75, 3.05) is 13.1 Å². The van der Waals surface area contributed by atoms with E-state index in [0.717, 1.165) is 31.1 Å². The van der Waals surface area contributed by atoms with Crippen molar-refractivity contribution in [1.29, 1.82) is 0 Å². The first kappa shape index (κ1) is 17.0. The van der Waals surface area contributed by atoms with Gasteiger partial charge in [0.15, 0.2) is 0 Å². The van der Waals surface area contributed by atoms with Crippen LogP contribution in [-0.4, -0.2) is 27.8 Å². The summed E-state index contributed by atoms with van der Waals surface area (Å²) in [5, 5.41) is 4.33. The number of halogens is 1. The molecule has 0 N–H and O–H groups in total. The normalized spacial score (nSPS) is 16.0. The van der Waals surface area contributed by atoms with Crippen LogP contribution in [-0.2, 0) is 13.0 Å². The monoisotopic (exact) mass is 349 g/mol. The Morgan fingerprint density at radius 1 is 0.923 bits per heavy atom. The maximum absolute atomic E-state index is 13.9. The van der Waals surface area contributed by atoms with E-state index < -0.39 is 0 Å². The highest BCUT2D eigenvalue weighted by Crippen LogP contribution is 2.23. The number of likely N-dealkylation sites (tertiary alicyclic amines) is 1. The Morgan fingerprint density at radius 3 is 2.42 bits per heavy atom. The van der Waals surface area contributed by atoms with Gasteiger partial charge in [0, 0.05) is 18.3 Å². The maximum atomic E-state index is 13.9. The van der Waals surface area contributed by atoms with Crippen LogP contribution in [0.5, 0.6) is 0 Å². The molecule has 1 saturated heterocycles. The zero-order valence-electron chi connectivity index (χ0n) is 14.9. The number of nitrogens with zero attached hydrogens (tertiary/aromatic N) is 3. The first-order valence-corrected chi connectivity index (χ1v) is 9.32. The molecule has 0 unspecified atom stereocenters. The summed E-state index contributed by atoms with van der Waals surface area (Å²) < 4.78 is 15.5. The summed E-state index contributed by atoms with van der Waals surface area (Å²) in [4.78, 5) is 2.48. The third-order valence-corrected chi connectivity index (χ3v) is 5.22. The van der Waals surface area contributed by atoms with Crippen molar-refractivity contribution in [3.8, 4) is 5.69 Å². The zero-order valence-corrected chi connectivity index (χ0v) is 14.9. The Kier molecular flexibility index (Phi) is 5.12. The van der Waals surface area contributed by atoms with E-state index in [9.17, 15) is 4.39 Å². The van der Waals surface area contributed by atoms with Crippen molar-refractivity contribution in [3.05, 3.63) is 83.9 Å². The second-order valence-electron chi connectivity index (χ2n) is 7.15. The molecule has 3 nitrogen and oxygen atoms in total. The topological polar surface area (TPSA) is 21.1 Å². The van der Waals surface area contributed by atoms with Crippen LogP contribution in [0.4, 0.5) is 4.39 Å². The number of hydrogen-bond donors (Lipinski definition) is 0. The van der Waals surface area contributed by atoms with Gasteiger partial charge in [-0.15, -0.1) is 0 Å². The fourth-order valence-electron chi connectivity index (χ4n) is 3.77. The number of benzene rings is 2. The van der Waals surface area contributed by atoms with Crippen LogP contribution < -0.4 is 0 Å². The highest BCUT2D eigenvalue weighted by molar-refractivity contribution is 5.32. The lowest BCUT2D eigenvalue weighted by Gasteiger charge is -2.31. The molecule has 0 aliphatic carbocycles. The van der Waals surface area contributed by atoms with Gasteiger partial charge < -0.3 is 0 Å². The van der Waals surface area contributed by atoms with Gasteiger partial charge in [-0.1, -0.05) is 42.5 Å². The van der Waals surface area contributed by atoms with Gasteiger partial charge in [0.05, 0.1) is 6.20 Å². The highest BCUT2D eigenvalue weighted by atomic mass is 19.1. The molecule has 3 aromatic rings. The van der Waals surface area contributed by atoms with E-state index >= 15 is 0 Å². The average Bonchev–Trinajstić information content (AvgIpc) is 3.13. The van der Waals surface area contributed by atoms with Gasteiger partial charge >= 0.3 is 0 Å². The van der Waals surface area contributed by atoms with E-state index in [2.05, 4.69) is 40.3 Å². The van der Waals surface area contributed by atoms with Crippen LogP contribution in [0, 0.1) is 11.7 Å². The van der Waals surface area contributed by atoms with Crippen LogP contribution >= 0.6 is 0 Å². The standard InChI is InChI=1S/C22H24FN3/c23-21-8-4-5-9-22(21)26-17-20(15-24-26)16-25-12-10-19(11-13-25)14-18-6-2-1-3-7-18/h1-9,15,17,19H,10-14,16H2. The van der Waals surface area contributed by atoms with Gasteiger partial charge in [-0.2, -0.15) is 5.10 Å². The van der Waals surface area contributed by atoms with Crippen molar-refractivity contribution in [2.24, 2.45) is 5.92 Å². The van der Waals surface area contributed by atoms with E-state index in [-0.39, 0.29) is 5.82 Å². The summed E-state index contributed by atoms with van der Waals surface area (Å²) in [6.07, 6.45) is 7.43. The molecule has 4 heteroatoms. The van der Waals surface area contributed by atoms with Gasteiger partial charge in [-0.3, -0.25) is 4.90 Å². The molecule has 1 aromatic heterocycles. The quantitative estimate of drug-likeness (QED) is 0.678. The van der Waals surface area contributed by atoms with Gasteiger partial charge in [-0.05, 0) is 56.0 Å². The van der Waals surface area contributed by atoms with Crippen molar-refractivity contribution < 1.29 is 4.39 Å². The maximum Gasteiger partial charge on any atom is 0.148 e. The second-order valence-corrected chi connectivity index (χ2v) is 7.15. The Labute approximate surface area is 154 Å². The van der Waals surface area contributed by atoms with E-state index in [1.165, 1.54) is 30.9 Å². The van der Waals surface area contributed by atoms with Gasteiger partial charge in [0.1, 0.15) is 11.5 Å². The number of aromatic nitrogens is 2. The fraction of sp³-hybridized carbons (Fsp3) is 0.318. The zero-order chi connectivity index (χ0) is 17.8. The van der Waals surface area contributed by atoms with Crippen molar-refractivity contribution in [2.45, 2.75) is 25.8 Å². The smallest absolute Gasteiger partial charge is 0.148 e. The second kappa shape index (κ2) is 7.83. The largest absolute Gasteiger partial charge is 0.299 e. The van der Waals surface area contributed by atoms with Crippen molar-refractivity contribution in [1.82, 2.24) is 14.7 Å². The molecule has 0 spiro atoms.